The Bertz CT molecular complexity index is 1570. The lowest BCUT2D eigenvalue weighted by molar-refractivity contribution is 0.0175. The number of hydrogen-bond donors (Lipinski definition) is 2. The summed E-state index contributed by atoms with van der Waals surface area (Å²) in [6.07, 6.45) is 2.31. The van der Waals surface area contributed by atoms with Gasteiger partial charge in [0.1, 0.15) is 22.3 Å². The smallest absolute Gasteiger partial charge is 0.356 e. The Kier molecular flexibility index (Phi) is 6.48. The molecule has 1 aromatic carbocycles. The summed E-state index contributed by atoms with van der Waals surface area (Å²) in [6, 6.07) is 5.30. The topological polar surface area (TPSA) is 105 Å². The first-order valence-corrected chi connectivity index (χ1v) is 11.0. The van der Waals surface area contributed by atoms with Crippen LogP contribution in [0, 0.1) is 12.7 Å². The SMILES string of the molecule is Cc1c(-c2cncc(F)c2)oc2c(C(C)Nc3ccc(Cl)nc3C(=O)O)cc(C(C)(F)F)cc2c1=O. The van der Waals surface area contributed by atoms with Gasteiger partial charge in [-0.15, -0.1) is 0 Å². The maximum atomic E-state index is 14.4. The van der Waals surface area contributed by atoms with Crippen LogP contribution in [-0.2, 0) is 5.92 Å². The molecule has 0 aliphatic rings. The van der Waals surface area contributed by atoms with Crippen molar-refractivity contribution in [2.24, 2.45) is 0 Å². The van der Waals surface area contributed by atoms with Crippen molar-refractivity contribution in [1.82, 2.24) is 9.97 Å². The van der Waals surface area contributed by atoms with Crippen molar-refractivity contribution in [3.8, 4) is 11.3 Å². The Balaban J connectivity index is 1.97. The average Bonchev–Trinajstić information content (AvgIpc) is 2.81. The van der Waals surface area contributed by atoms with E-state index >= 15 is 0 Å². The van der Waals surface area contributed by atoms with Crippen molar-refractivity contribution < 1.29 is 27.5 Å². The second-order valence-corrected chi connectivity index (χ2v) is 8.70. The van der Waals surface area contributed by atoms with Crippen molar-refractivity contribution in [3.63, 3.8) is 0 Å². The Morgan fingerprint density at radius 3 is 2.58 bits per heavy atom. The lowest BCUT2D eigenvalue weighted by Crippen LogP contribution is -2.17. The van der Waals surface area contributed by atoms with E-state index in [1.165, 1.54) is 31.3 Å². The molecule has 0 amide bonds. The Labute approximate surface area is 207 Å². The number of carboxylic acid groups (broad SMARTS) is 1. The van der Waals surface area contributed by atoms with Crippen molar-refractivity contribution in [3.05, 3.63) is 86.3 Å². The minimum atomic E-state index is -3.29. The average molecular weight is 518 g/mol. The molecule has 0 aliphatic carbocycles. The second kappa shape index (κ2) is 9.27. The normalized spacial score (nSPS) is 12.5. The molecule has 0 saturated carbocycles. The zero-order chi connectivity index (χ0) is 26.4. The summed E-state index contributed by atoms with van der Waals surface area (Å²) in [5.74, 6) is -5.26. The van der Waals surface area contributed by atoms with Gasteiger partial charge in [-0.1, -0.05) is 11.6 Å². The first-order valence-electron chi connectivity index (χ1n) is 10.6. The van der Waals surface area contributed by atoms with E-state index in [-0.39, 0.29) is 50.0 Å². The number of pyridine rings is 2. The van der Waals surface area contributed by atoms with Gasteiger partial charge in [0.05, 0.1) is 23.3 Å². The fourth-order valence-corrected chi connectivity index (χ4v) is 3.98. The number of halogens is 4. The van der Waals surface area contributed by atoms with Gasteiger partial charge in [-0.25, -0.2) is 22.9 Å². The highest BCUT2D eigenvalue weighted by molar-refractivity contribution is 6.29. The molecule has 3 heterocycles. The molecule has 0 bridgehead atoms. The molecule has 1 atom stereocenters. The number of nitrogens with zero attached hydrogens (tertiary/aromatic N) is 2. The van der Waals surface area contributed by atoms with Crippen LogP contribution in [0.3, 0.4) is 0 Å². The molecule has 2 N–H and O–H groups in total. The van der Waals surface area contributed by atoms with Gasteiger partial charge in [-0.2, -0.15) is 0 Å². The highest BCUT2D eigenvalue weighted by atomic mass is 35.5. The van der Waals surface area contributed by atoms with E-state index in [1.807, 2.05) is 0 Å². The summed E-state index contributed by atoms with van der Waals surface area (Å²) in [5.41, 5.74) is -0.891. The number of carboxylic acids is 1. The number of benzene rings is 1. The number of aromatic nitrogens is 2. The van der Waals surface area contributed by atoms with Crippen molar-refractivity contribution in [1.29, 1.82) is 0 Å². The standard InChI is InChI=1S/C25H19ClF3N3O4/c1-11-21(33)17-8-14(25(3,28)29)7-16(23(17)36-22(11)13-6-15(27)10-30-9-13)12(2)31-18-4-5-19(26)32-20(18)24(34)35/h4-10,12,31H,1-3H3,(H,34,35). The number of anilines is 1. The van der Waals surface area contributed by atoms with E-state index in [4.69, 9.17) is 16.0 Å². The summed E-state index contributed by atoms with van der Waals surface area (Å²) in [5, 5.41) is 12.3. The Morgan fingerprint density at radius 2 is 1.94 bits per heavy atom. The van der Waals surface area contributed by atoms with Gasteiger partial charge in [0.25, 0.3) is 5.92 Å². The van der Waals surface area contributed by atoms with Gasteiger partial charge in [-0.3, -0.25) is 9.78 Å². The molecule has 3 aromatic heterocycles. The van der Waals surface area contributed by atoms with E-state index < -0.39 is 34.7 Å². The van der Waals surface area contributed by atoms with Crippen molar-refractivity contribution >= 4 is 34.2 Å². The van der Waals surface area contributed by atoms with E-state index in [0.29, 0.717) is 6.92 Å². The first-order chi connectivity index (χ1) is 16.9. The lowest BCUT2D eigenvalue weighted by Gasteiger charge is -2.21. The van der Waals surface area contributed by atoms with Crippen LogP contribution < -0.4 is 10.7 Å². The third-order valence-corrected chi connectivity index (χ3v) is 5.83. The molecule has 1 unspecified atom stereocenters. The van der Waals surface area contributed by atoms with E-state index in [0.717, 1.165) is 18.3 Å². The summed E-state index contributed by atoms with van der Waals surface area (Å²) < 4.78 is 48.6. The van der Waals surface area contributed by atoms with E-state index in [2.05, 4.69) is 15.3 Å². The predicted octanol–water partition coefficient (Wildman–Crippen LogP) is 6.33. The molecule has 0 aliphatic heterocycles. The van der Waals surface area contributed by atoms with Crippen LogP contribution >= 0.6 is 11.6 Å². The number of carbonyl (C=O) groups is 1. The molecule has 186 valence electrons. The fourth-order valence-electron chi connectivity index (χ4n) is 3.83. The van der Waals surface area contributed by atoms with Gasteiger partial charge in [-0.05, 0) is 44.2 Å². The Morgan fingerprint density at radius 1 is 1.22 bits per heavy atom. The molecule has 0 radical (unpaired) electrons. The molecular weight excluding hydrogens is 499 g/mol. The molecular formula is C25H19ClF3N3O4. The predicted molar refractivity (Wildman–Crippen MR) is 128 cm³/mol. The van der Waals surface area contributed by atoms with Crippen molar-refractivity contribution in [2.75, 3.05) is 5.32 Å². The molecule has 4 rings (SSSR count). The minimum absolute atomic E-state index is 0.0170. The van der Waals surface area contributed by atoms with Crippen molar-refractivity contribution in [2.45, 2.75) is 32.7 Å². The third kappa shape index (κ3) is 4.76. The summed E-state index contributed by atoms with van der Waals surface area (Å²) in [4.78, 5) is 32.5. The van der Waals surface area contributed by atoms with E-state index in [1.54, 1.807) is 6.92 Å². The number of rotatable bonds is 6. The zero-order valence-electron chi connectivity index (χ0n) is 19.2. The van der Waals surface area contributed by atoms with Gasteiger partial charge >= 0.3 is 5.97 Å². The van der Waals surface area contributed by atoms with Crippen LogP contribution in [0.2, 0.25) is 5.15 Å². The van der Waals surface area contributed by atoms with Crippen LogP contribution in [0.4, 0.5) is 18.9 Å². The third-order valence-electron chi connectivity index (χ3n) is 5.62. The highest BCUT2D eigenvalue weighted by Crippen LogP contribution is 2.36. The van der Waals surface area contributed by atoms with Gasteiger partial charge < -0.3 is 14.8 Å². The zero-order valence-corrected chi connectivity index (χ0v) is 20.0. The lowest BCUT2D eigenvalue weighted by atomic mass is 9.96. The van der Waals surface area contributed by atoms with Gasteiger partial charge in [0, 0.05) is 35.4 Å². The molecule has 4 aromatic rings. The number of alkyl halides is 2. The summed E-state index contributed by atoms with van der Waals surface area (Å²) in [7, 11) is 0. The minimum Gasteiger partial charge on any atom is -0.476 e. The Hall–Kier alpha value is -3.92. The quantitative estimate of drug-likeness (QED) is 0.288. The second-order valence-electron chi connectivity index (χ2n) is 8.31. The van der Waals surface area contributed by atoms with Crippen LogP contribution in [0.1, 0.15) is 47.1 Å². The number of aromatic carboxylic acids is 1. The van der Waals surface area contributed by atoms with Crippen LogP contribution in [0.15, 0.2) is 51.9 Å². The number of nitrogens with one attached hydrogen (secondary N) is 1. The van der Waals surface area contributed by atoms with Crippen LogP contribution in [-0.4, -0.2) is 21.0 Å². The number of hydrogen-bond acceptors (Lipinski definition) is 6. The first kappa shape index (κ1) is 25.2. The van der Waals surface area contributed by atoms with Crippen LogP contribution in [0.25, 0.3) is 22.3 Å². The molecule has 0 fully saturated rings. The molecule has 11 heteroatoms. The maximum Gasteiger partial charge on any atom is 0.356 e. The van der Waals surface area contributed by atoms with Crippen LogP contribution in [0.5, 0.6) is 0 Å². The maximum absolute atomic E-state index is 14.4. The number of fused-ring (bicyclic) bond motifs is 1. The molecule has 36 heavy (non-hydrogen) atoms. The fraction of sp³-hybridized carbons (Fsp3) is 0.200. The summed E-state index contributed by atoms with van der Waals surface area (Å²) >= 11 is 5.82. The molecule has 7 nitrogen and oxygen atoms in total. The largest absolute Gasteiger partial charge is 0.476 e. The van der Waals surface area contributed by atoms with Gasteiger partial charge in [0.2, 0.25) is 0 Å². The van der Waals surface area contributed by atoms with Gasteiger partial charge in [0.15, 0.2) is 11.1 Å². The monoisotopic (exact) mass is 517 g/mol. The molecule has 0 spiro atoms. The summed E-state index contributed by atoms with van der Waals surface area (Å²) in [6.45, 7) is 3.72. The van der Waals surface area contributed by atoms with E-state index in [9.17, 15) is 27.9 Å². The highest BCUT2D eigenvalue weighted by Gasteiger charge is 2.29. The molecule has 0 saturated heterocycles.